The van der Waals surface area contributed by atoms with Crippen LogP contribution in [0.4, 0.5) is 20.2 Å². The second-order valence-corrected chi connectivity index (χ2v) is 6.58. The number of anilines is 2. The van der Waals surface area contributed by atoms with Gasteiger partial charge in [-0.05, 0) is 42.0 Å². The Labute approximate surface area is 160 Å². The molecule has 6 heteroatoms. The maximum absolute atomic E-state index is 13.8. The molecule has 1 fully saturated rings. The van der Waals surface area contributed by atoms with Crippen molar-refractivity contribution in [1.29, 1.82) is 0 Å². The highest BCUT2D eigenvalue weighted by atomic mass is 19.1. The predicted molar refractivity (Wildman–Crippen MR) is 102 cm³/mol. The smallest absolute Gasteiger partial charge is 0.255 e. The van der Waals surface area contributed by atoms with Crippen molar-refractivity contribution in [2.24, 2.45) is 0 Å². The van der Waals surface area contributed by atoms with Gasteiger partial charge in [-0.1, -0.05) is 42.5 Å². The molecule has 3 aromatic carbocycles. The summed E-state index contributed by atoms with van der Waals surface area (Å²) in [5, 5.41) is 2.69. The van der Waals surface area contributed by atoms with Gasteiger partial charge in [-0.3, -0.25) is 14.5 Å². The molecule has 1 atom stereocenters. The quantitative estimate of drug-likeness (QED) is 0.691. The molecule has 3 aromatic rings. The van der Waals surface area contributed by atoms with Gasteiger partial charge in [0.25, 0.3) is 5.91 Å². The Bertz CT molecular complexity index is 1060. The molecular weight excluding hydrogens is 362 g/mol. The third kappa shape index (κ3) is 2.93. The summed E-state index contributed by atoms with van der Waals surface area (Å²) in [6.07, 6.45) is -0.0747. The van der Waals surface area contributed by atoms with Crippen molar-refractivity contribution >= 4 is 23.2 Å². The van der Waals surface area contributed by atoms with Gasteiger partial charge in [0.2, 0.25) is 5.91 Å². The van der Waals surface area contributed by atoms with Crippen LogP contribution < -0.4 is 10.2 Å². The first-order valence-electron chi connectivity index (χ1n) is 8.72. The number of nitrogens with one attached hydrogen (secondary N) is 1. The molecular formula is C22H16F2N2O2. The lowest BCUT2D eigenvalue weighted by molar-refractivity contribution is -0.137. The molecule has 4 nitrogen and oxygen atoms in total. The molecule has 2 amide bonds. The Kier molecular flexibility index (Phi) is 4.39. The van der Waals surface area contributed by atoms with E-state index >= 15 is 0 Å². The molecule has 1 heterocycles. The average molecular weight is 378 g/mol. The number of halogens is 2. The predicted octanol–water partition coefficient (Wildman–Crippen LogP) is 4.24. The van der Waals surface area contributed by atoms with Crippen LogP contribution in [0.25, 0.3) is 0 Å². The van der Waals surface area contributed by atoms with Crippen LogP contribution in [0.2, 0.25) is 0 Å². The van der Waals surface area contributed by atoms with Crippen LogP contribution in [0.5, 0.6) is 0 Å². The number of benzene rings is 3. The minimum Gasteiger partial charge on any atom is -0.324 e. The van der Waals surface area contributed by atoms with E-state index in [1.807, 2.05) is 0 Å². The maximum Gasteiger partial charge on any atom is 0.255 e. The number of β-lactam (4-membered cyclic amide) rings is 1. The van der Waals surface area contributed by atoms with Gasteiger partial charge in [0.15, 0.2) is 5.54 Å². The van der Waals surface area contributed by atoms with E-state index in [4.69, 9.17) is 0 Å². The fourth-order valence-electron chi connectivity index (χ4n) is 3.54. The second-order valence-electron chi connectivity index (χ2n) is 6.58. The van der Waals surface area contributed by atoms with E-state index in [1.165, 1.54) is 41.3 Å². The minimum atomic E-state index is -1.35. The Morgan fingerprint density at radius 3 is 2.21 bits per heavy atom. The summed E-state index contributed by atoms with van der Waals surface area (Å²) in [4.78, 5) is 27.1. The van der Waals surface area contributed by atoms with Gasteiger partial charge in [-0.15, -0.1) is 0 Å². The van der Waals surface area contributed by atoms with E-state index in [0.29, 0.717) is 5.56 Å². The van der Waals surface area contributed by atoms with Gasteiger partial charge in [-0.2, -0.15) is 0 Å². The number of hydrogen-bond acceptors (Lipinski definition) is 2. The van der Waals surface area contributed by atoms with Crippen LogP contribution in [0, 0.1) is 11.6 Å². The van der Waals surface area contributed by atoms with Crippen molar-refractivity contribution in [3.63, 3.8) is 0 Å². The number of rotatable bonds is 4. The van der Waals surface area contributed by atoms with E-state index in [9.17, 15) is 18.4 Å². The van der Waals surface area contributed by atoms with Gasteiger partial charge >= 0.3 is 0 Å². The van der Waals surface area contributed by atoms with Crippen molar-refractivity contribution < 1.29 is 18.4 Å². The fraction of sp³-hybridized carbons (Fsp3) is 0.0909. The average Bonchev–Trinajstić information content (AvgIpc) is 2.66. The highest BCUT2D eigenvalue weighted by Crippen LogP contribution is 2.45. The third-order valence-corrected chi connectivity index (χ3v) is 4.81. The molecule has 4 rings (SSSR count). The van der Waals surface area contributed by atoms with Crippen LogP contribution in [0.1, 0.15) is 12.0 Å². The molecule has 140 valence electrons. The maximum atomic E-state index is 13.8. The Morgan fingerprint density at radius 2 is 1.57 bits per heavy atom. The van der Waals surface area contributed by atoms with Gasteiger partial charge in [0.05, 0.1) is 6.42 Å². The number of nitrogens with zero attached hydrogens (tertiary/aromatic N) is 1. The van der Waals surface area contributed by atoms with E-state index in [-0.39, 0.29) is 23.7 Å². The summed E-state index contributed by atoms with van der Waals surface area (Å²) in [5.74, 6) is -1.79. The molecule has 0 radical (unpaired) electrons. The highest BCUT2D eigenvalue weighted by molar-refractivity contribution is 6.17. The summed E-state index contributed by atoms with van der Waals surface area (Å²) >= 11 is 0. The standard InChI is InChI=1S/C22H16F2N2O2/c23-16-8-4-10-18(12-16)25-21(28)22(15-6-2-1-3-7-15)14-20(27)26(22)19-11-5-9-17(24)13-19/h1-13H,14H2,(H,25,28). The molecule has 1 saturated heterocycles. The number of carbonyl (C=O) groups excluding carboxylic acids is 2. The zero-order valence-electron chi connectivity index (χ0n) is 14.7. The monoisotopic (exact) mass is 378 g/mol. The molecule has 28 heavy (non-hydrogen) atoms. The summed E-state index contributed by atoms with van der Waals surface area (Å²) < 4.78 is 27.3. The van der Waals surface area contributed by atoms with Crippen LogP contribution in [0.15, 0.2) is 78.9 Å². The third-order valence-electron chi connectivity index (χ3n) is 4.81. The van der Waals surface area contributed by atoms with Crippen molar-refractivity contribution in [2.75, 3.05) is 10.2 Å². The first kappa shape index (κ1) is 17.9. The van der Waals surface area contributed by atoms with Crippen molar-refractivity contribution in [3.05, 3.63) is 96.1 Å². The highest BCUT2D eigenvalue weighted by Gasteiger charge is 2.58. The van der Waals surface area contributed by atoms with Crippen LogP contribution >= 0.6 is 0 Å². The van der Waals surface area contributed by atoms with Gasteiger partial charge < -0.3 is 5.32 Å². The van der Waals surface area contributed by atoms with E-state index in [0.717, 1.165) is 0 Å². The SMILES string of the molecule is O=C1CC(C(=O)Nc2cccc(F)c2)(c2ccccc2)N1c1cccc(F)c1. The lowest BCUT2D eigenvalue weighted by Crippen LogP contribution is -2.67. The molecule has 0 aliphatic carbocycles. The Balaban J connectivity index is 1.79. The zero-order chi connectivity index (χ0) is 19.7. The first-order chi connectivity index (χ1) is 13.5. The van der Waals surface area contributed by atoms with E-state index in [1.54, 1.807) is 42.5 Å². The van der Waals surface area contributed by atoms with Crippen LogP contribution in [-0.4, -0.2) is 11.8 Å². The number of hydrogen-bond donors (Lipinski definition) is 1. The summed E-state index contributed by atoms with van der Waals surface area (Å²) in [6.45, 7) is 0. The summed E-state index contributed by atoms with van der Waals surface area (Å²) in [7, 11) is 0. The Hall–Kier alpha value is -3.54. The first-order valence-corrected chi connectivity index (χ1v) is 8.72. The van der Waals surface area contributed by atoms with E-state index in [2.05, 4.69) is 5.32 Å². The molecule has 0 spiro atoms. The molecule has 0 aromatic heterocycles. The molecule has 1 aliphatic heterocycles. The van der Waals surface area contributed by atoms with Crippen LogP contribution in [-0.2, 0) is 15.1 Å². The number of amides is 2. The van der Waals surface area contributed by atoms with Gasteiger partial charge in [0.1, 0.15) is 11.6 Å². The lowest BCUT2D eigenvalue weighted by Gasteiger charge is -2.50. The number of carbonyl (C=O) groups is 2. The molecule has 1 aliphatic rings. The van der Waals surface area contributed by atoms with Crippen LogP contribution in [0.3, 0.4) is 0 Å². The van der Waals surface area contributed by atoms with Crippen molar-refractivity contribution in [3.8, 4) is 0 Å². The zero-order valence-corrected chi connectivity index (χ0v) is 14.7. The Morgan fingerprint density at radius 1 is 0.893 bits per heavy atom. The molecule has 0 bridgehead atoms. The van der Waals surface area contributed by atoms with Crippen molar-refractivity contribution in [1.82, 2.24) is 0 Å². The summed E-state index contributed by atoms with van der Waals surface area (Å²) in [5.41, 5.74) is -0.195. The summed E-state index contributed by atoms with van der Waals surface area (Å²) in [6, 6.07) is 19.9. The topological polar surface area (TPSA) is 49.4 Å². The van der Waals surface area contributed by atoms with Gasteiger partial charge in [-0.25, -0.2) is 8.78 Å². The lowest BCUT2D eigenvalue weighted by atomic mass is 9.76. The minimum absolute atomic E-state index is 0.0747. The molecule has 1 N–H and O–H groups in total. The normalized spacial score (nSPS) is 18.5. The largest absolute Gasteiger partial charge is 0.324 e. The van der Waals surface area contributed by atoms with Gasteiger partial charge in [0, 0.05) is 11.4 Å². The van der Waals surface area contributed by atoms with E-state index < -0.39 is 23.1 Å². The van der Waals surface area contributed by atoms with Crippen molar-refractivity contribution in [2.45, 2.75) is 12.0 Å². The second kappa shape index (κ2) is 6.88. The molecule has 0 saturated carbocycles. The molecule has 1 unspecified atom stereocenters. The fourth-order valence-corrected chi connectivity index (χ4v) is 3.54.